The molecule has 2 rings (SSSR count). The fourth-order valence-electron chi connectivity index (χ4n) is 2.40. The number of carbonyl (C=O) groups excluding carboxylic acids is 1. The Hall–Kier alpha value is -1.82. The van der Waals surface area contributed by atoms with Gasteiger partial charge in [0, 0.05) is 26.1 Å². The monoisotopic (exact) mass is 418 g/mol. The van der Waals surface area contributed by atoms with Gasteiger partial charge in [0.05, 0.1) is 11.0 Å². The highest BCUT2D eigenvalue weighted by Crippen LogP contribution is 2.10. The van der Waals surface area contributed by atoms with Crippen molar-refractivity contribution in [3.63, 3.8) is 0 Å². The van der Waals surface area contributed by atoms with Gasteiger partial charge in [-0.3, -0.25) is 15.6 Å². The number of hydrogen-bond acceptors (Lipinski definition) is 5. The molecule has 1 aromatic carbocycles. The van der Waals surface area contributed by atoms with Crippen molar-refractivity contribution in [1.82, 2.24) is 20.9 Å². The molecule has 8 nitrogen and oxygen atoms in total. The molecule has 27 heavy (non-hydrogen) atoms. The highest BCUT2D eigenvalue weighted by molar-refractivity contribution is 7.89. The number of amides is 1. The van der Waals surface area contributed by atoms with Crippen molar-refractivity contribution < 1.29 is 22.3 Å². The van der Waals surface area contributed by atoms with Gasteiger partial charge < -0.3 is 10.1 Å². The number of hydrazine groups is 1. The van der Waals surface area contributed by atoms with Gasteiger partial charge in [-0.15, -0.1) is 0 Å². The molecule has 1 aromatic rings. The van der Waals surface area contributed by atoms with Crippen molar-refractivity contribution >= 4 is 33.3 Å². The fourth-order valence-corrected chi connectivity index (χ4v) is 3.61. The highest BCUT2D eigenvalue weighted by atomic mass is 32.2. The molecular weight excluding hydrogens is 395 g/mol. The lowest BCUT2D eigenvalue weighted by Gasteiger charge is -2.14. The molecule has 0 saturated carbocycles. The van der Waals surface area contributed by atoms with Crippen LogP contribution in [0.3, 0.4) is 0 Å². The number of halogens is 1. The summed E-state index contributed by atoms with van der Waals surface area (Å²) in [7, 11) is -3.72. The van der Waals surface area contributed by atoms with E-state index in [1.165, 1.54) is 12.1 Å². The van der Waals surface area contributed by atoms with Gasteiger partial charge in [0.15, 0.2) is 5.11 Å². The van der Waals surface area contributed by atoms with Crippen molar-refractivity contribution in [1.29, 1.82) is 0 Å². The average molecular weight is 419 g/mol. The smallest absolute Gasteiger partial charge is 0.240 e. The Balaban J connectivity index is 1.58. The lowest BCUT2D eigenvalue weighted by Crippen LogP contribution is -2.48. The lowest BCUT2D eigenvalue weighted by atomic mass is 10.2. The van der Waals surface area contributed by atoms with E-state index in [1.54, 1.807) is 0 Å². The zero-order valence-electron chi connectivity index (χ0n) is 14.7. The Bertz CT molecular complexity index is 737. The predicted molar refractivity (Wildman–Crippen MR) is 102 cm³/mol. The van der Waals surface area contributed by atoms with Gasteiger partial charge in [0.2, 0.25) is 15.9 Å². The number of rotatable bonds is 8. The number of benzene rings is 1. The van der Waals surface area contributed by atoms with Crippen LogP contribution in [0, 0.1) is 5.82 Å². The summed E-state index contributed by atoms with van der Waals surface area (Å²) in [6.45, 7) is 1.41. The van der Waals surface area contributed by atoms with Crippen LogP contribution >= 0.6 is 12.2 Å². The van der Waals surface area contributed by atoms with E-state index < -0.39 is 15.8 Å². The second-order valence-electron chi connectivity index (χ2n) is 5.97. The van der Waals surface area contributed by atoms with Crippen LogP contribution in [-0.2, 0) is 19.6 Å². The van der Waals surface area contributed by atoms with E-state index in [1.807, 2.05) is 0 Å². The van der Waals surface area contributed by atoms with E-state index in [-0.39, 0.29) is 35.0 Å². The van der Waals surface area contributed by atoms with Crippen molar-refractivity contribution in [3.05, 3.63) is 30.1 Å². The van der Waals surface area contributed by atoms with Gasteiger partial charge in [-0.05, 0) is 55.7 Å². The SMILES string of the molecule is O=C(CCCNS(=O)(=O)c1ccc(F)cc1)NNC(=S)NCC1CCCO1. The Morgan fingerprint density at radius 3 is 2.67 bits per heavy atom. The Labute approximate surface area is 163 Å². The van der Waals surface area contributed by atoms with Crippen LogP contribution in [0.4, 0.5) is 4.39 Å². The van der Waals surface area contributed by atoms with Crippen LogP contribution < -0.4 is 20.9 Å². The number of carbonyl (C=O) groups is 1. The molecule has 0 spiro atoms. The van der Waals surface area contributed by atoms with E-state index in [2.05, 4.69) is 20.9 Å². The third kappa shape index (κ3) is 7.75. The molecule has 11 heteroatoms. The average Bonchev–Trinajstić information content (AvgIpc) is 3.16. The van der Waals surface area contributed by atoms with Crippen molar-refractivity contribution in [2.24, 2.45) is 0 Å². The molecular formula is C16H23FN4O4S2. The Morgan fingerprint density at radius 1 is 1.26 bits per heavy atom. The zero-order valence-corrected chi connectivity index (χ0v) is 16.3. The molecule has 0 bridgehead atoms. The topological polar surface area (TPSA) is 109 Å². The summed E-state index contributed by atoms with van der Waals surface area (Å²) in [4.78, 5) is 11.7. The van der Waals surface area contributed by atoms with Crippen LogP contribution in [0.1, 0.15) is 25.7 Å². The van der Waals surface area contributed by atoms with Gasteiger partial charge in [0.1, 0.15) is 5.82 Å². The normalized spacial score (nSPS) is 16.7. The first-order chi connectivity index (χ1) is 12.9. The molecule has 1 amide bonds. The van der Waals surface area contributed by atoms with Crippen LogP contribution in [0.15, 0.2) is 29.2 Å². The van der Waals surface area contributed by atoms with Gasteiger partial charge in [0.25, 0.3) is 0 Å². The molecule has 1 aliphatic heterocycles. The summed E-state index contributed by atoms with van der Waals surface area (Å²) in [5.74, 6) is -0.835. The van der Waals surface area contributed by atoms with Gasteiger partial charge >= 0.3 is 0 Å². The summed E-state index contributed by atoms with van der Waals surface area (Å²) in [6, 6.07) is 4.50. The molecule has 1 saturated heterocycles. The second-order valence-corrected chi connectivity index (χ2v) is 8.15. The minimum atomic E-state index is -3.72. The summed E-state index contributed by atoms with van der Waals surface area (Å²) in [6.07, 6.45) is 2.55. The quantitative estimate of drug-likeness (QED) is 0.277. The van der Waals surface area contributed by atoms with E-state index in [9.17, 15) is 17.6 Å². The number of nitrogens with one attached hydrogen (secondary N) is 4. The van der Waals surface area contributed by atoms with E-state index in [0.29, 0.717) is 13.0 Å². The van der Waals surface area contributed by atoms with Crippen molar-refractivity contribution in [3.8, 4) is 0 Å². The largest absolute Gasteiger partial charge is 0.376 e. The molecule has 1 atom stereocenters. The number of sulfonamides is 1. The van der Waals surface area contributed by atoms with Crippen molar-refractivity contribution in [2.75, 3.05) is 19.7 Å². The van der Waals surface area contributed by atoms with E-state index in [0.717, 1.165) is 31.6 Å². The van der Waals surface area contributed by atoms with Gasteiger partial charge in [-0.1, -0.05) is 0 Å². The molecule has 1 heterocycles. The molecule has 1 aliphatic rings. The standard InChI is InChI=1S/C16H23FN4O4S2/c17-12-5-7-14(8-6-12)27(23,24)19-9-1-4-15(22)20-21-16(26)18-11-13-3-2-10-25-13/h5-8,13,19H,1-4,9-11H2,(H,20,22)(H2,18,21,26). The number of hydrogen-bond donors (Lipinski definition) is 4. The molecule has 150 valence electrons. The predicted octanol–water partition coefficient (Wildman–Crippen LogP) is 0.558. The maximum Gasteiger partial charge on any atom is 0.240 e. The zero-order chi connectivity index (χ0) is 19.7. The molecule has 0 radical (unpaired) electrons. The lowest BCUT2D eigenvalue weighted by molar-refractivity contribution is -0.121. The van der Waals surface area contributed by atoms with Crippen LogP contribution in [0.25, 0.3) is 0 Å². The summed E-state index contributed by atoms with van der Waals surface area (Å²) >= 11 is 5.04. The van der Waals surface area contributed by atoms with Crippen LogP contribution in [-0.4, -0.2) is 45.2 Å². The van der Waals surface area contributed by atoms with Gasteiger partial charge in [-0.2, -0.15) is 0 Å². The Kier molecular flexibility index (Phi) is 8.35. The summed E-state index contributed by atoms with van der Waals surface area (Å²) in [5.41, 5.74) is 5.03. The minimum Gasteiger partial charge on any atom is -0.376 e. The second kappa shape index (κ2) is 10.5. The molecule has 4 N–H and O–H groups in total. The third-order valence-electron chi connectivity index (χ3n) is 3.83. The maximum atomic E-state index is 12.8. The number of thiocarbonyl (C=S) groups is 1. The first kappa shape index (κ1) is 21.5. The van der Waals surface area contributed by atoms with E-state index in [4.69, 9.17) is 17.0 Å². The summed E-state index contributed by atoms with van der Waals surface area (Å²) in [5, 5.41) is 3.24. The maximum absolute atomic E-state index is 12.8. The first-order valence-corrected chi connectivity index (χ1v) is 10.5. The molecule has 1 unspecified atom stereocenters. The molecule has 0 aliphatic carbocycles. The first-order valence-electron chi connectivity index (χ1n) is 8.56. The van der Waals surface area contributed by atoms with Crippen LogP contribution in [0.5, 0.6) is 0 Å². The van der Waals surface area contributed by atoms with Crippen LogP contribution in [0.2, 0.25) is 0 Å². The molecule has 1 fully saturated rings. The van der Waals surface area contributed by atoms with Gasteiger partial charge in [-0.25, -0.2) is 17.5 Å². The van der Waals surface area contributed by atoms with Crippen molar-refractivity contribution in [2.45, 2.75) is 36.7 Å². The Morgan fingerprint density at radius 2 is 2.00 bits per heavy atom. The fraction of sp³-hybridized carbons (Fsp3) is 0.500. The third-order valence-corrected chi connectivity index (χ3v) is 5.55. The summed E-state index contributed by atoms with van der Waals surface area (Å²) < 4.78 is 44.7. The minimum absolute atomic E-state index is 0.0299. The molecule has 0 aromatic heterocycles. The number of ether oxygens (including phenoxy) is 1. The highest BCUT2D eigenvalue weighted by Gasteiger charge is 2.15. The van der Waals surface area contributed by atoms with E-state index >= 15 is 0 Å².